The molecule has 2 nitrogen and oxygen atoms in total. The first-order chi connectivity index (χ1) is 10.0. The molecule has 0 N–H and O–H groups in total. The van der Waals surface area contributed by atoms with Gasteiger partial charge in [-0.05, 0) is 24.7 Å². The lowest BCUT2D eigenvalue weighted by molar-refractivity contribution is 0.647. The third-order valence-electron chi connectivity index (χ3n) is 3.07. The van der Waals surface area contributed by atoms with Crippen LogP contribution < -0.4 is 0 Å². The first-order valence-corrected chi connectivity index (χ1v) is 7.68. The van der Waals surface area contributed by atoms with Crippen LogP contribution in [-0.2, 0) is 6.42 Å². The Balaban J connectivity index is 0.000000219. The van der Waals surface area contributed by atoms with Crippen LogP contribution >= 0.6 is 0 Å². The summed E-state index contributed by atoms with van der Waals surface area (Å²) < 4.78 is 0. The van der Waals surface area contributed by atoms with Gasteiger partial charge in [-0.2, -0.15) is 0 Å². The molecule has 2 heteroatoms. The van der Waals surface area contributed by atoms with Crippen molar-refractivity contribution in [3.8, 4) is 0 Å². The van der Waals surface area contributed by atoms with Crippen molar-refractivity contribution in [1.82, 2.24) is 0 Å². The summed E-state index contributed by atoms with van der Waals surface area (Å²) in [6, 6.07) is 7.83. The fourth-order valence-corrected chi connectivity index (χ4v) is 2.18. The van der Waals surface area contributed by atoms with Crippen molar-refractivity contribution in [3.05, 3.63) is 53.5 Å². The zero-order valence-electron chi connectivity index (χ0n) is 13.6. The predicted octanol–water partition coefficient (Wildman–Crippen LogP) is 5.83. The van der Waals surface area contributed by atoms with Crippen molar-refractivity contribution < 1.29 is 0 Å². The maximum absolute atomic E-state index is 6.78. The molecule has 0 aliphatic carbocycles. The van der Waals surface area contributed by atoms with Crippen molar-refractivity contribution in [1.29, 1.82) is 0 Å². The quantitative estimate of drug-likeness (QED) is 0.618. The van der Waals surface area contributed by atoms with E-state index in [2.05, 4.69) is 43.6 Å². The lowest BCUT2D eigenvalue weighted by atomic mass is 10.0. The molecule has 1 heterocycles. The summed E-state index contributed by atoms with van der Waals surface area (Å²) in [4.78, 5) is 7.55. The summed E-state index contributed by atoms with van der Waals surface area (Å²) in [6.45, 7) is 15.6. The molecule has 0 atom stereocenters. The van der Waals surface area contributed by atoms with E-state index in [1.807, 2.05) is 30.5 Å². The molecule has 0 saturated heterocycles. The Hall–Kier alpha value is -1.88. The average molecular weight is 282 g/mol. The standard InChI is InChI=1S/C11H13N.C8H13N/c1-9(2)8-10-4-6-11(12-3)7-5-10;1-7(2)6-8-4-3-5-9-8/h4-7,9H,8H2,1-2H3;3,5,7H,4,6H2,1-2H3. The number of hydrogen-bond acceptors (Lipinski definition) is 1. The molecular formula is C19H26N2. The molecule has 0 saturated carbocycles. The number of nitrogens with zero attached hydrogens (tertiary/aromatic N) is 2. The van der Waals surface area contributed by atoms with Gasteiger partial charge >= 0.3 is 0 Å². The summed E-state index contributed by atoms with van der Waals surface area (Å²) in [5, 5.41) is 0. The third-order valence-corrected chi connectivity index (χ3v) is 3.07. The predicted molar refractivity (Wildman–Crippen MR) is 91.9 cm³/mol. The Morgan fingerprint density at radius 1 is 1.05 bits per heavy atom. The van der Waals surface area contributed by atoms with Crippen LogP contribution in [-0.4, -0.2) is 5.71 Å². The van der Waals surface area contributed by atoms with Gasteiger partial charge in [-0.1, -0.05) is 63.6 Å². The topological polar surface area (TPSA) is 16.7 Å². The maximum Gasteiger partial charge on any atom is 0.187 e. The second kappa shape index (κ2) is 9.13. The van der Waals surface area contributed by atoms with E-state index in [1.54, 1.807) is 0 Å². The minimum Gasteiger partial charge on any atom is -0.266 e. The molecule has 2 rings (SSSR count). The van der Waals surface area contributed by atoms with Crippen LogP contribution in [0.2, 0.25) is 0 Å². The van der Waals surface area contributed by atoms with Crippen LogP contribution in [0.4, 0.5) is 5.69 Å². The SMILES string of the molecule is CC(C)CC1=NC=CC1.[C-]#[N+]c1ccc(CC(C)C)cc1. The van der Waals surface area contributed by atoms with Gasteiger partial charge in [-0.3, -0.25) is 4.99 Å². The van der Waals surface area contributed by atoms with Crippen LogP contribution in [0.3, 0.4) is 0 Å². The number of benzene rings is 1. The van der Waals surface area contributed by atoms with Crippen molar-refractivity contribution in [3.63, 3.8) is 0 Å². The molecule has 0 bridgehead atoms. The van der Waals surface area contributed by atoms with E-state index in [0.717, 1.165) is 30.9 Å². The molecule has 21 heavy (non-hydrogen) atoms. The van der Waals surface area contributed by atoms with Crippen LogP contribution in [0, 0.1) is 18.4 Å². The molecule has 0 unspecified atom stereocenters. The molecule has 1 aliphatic rings. The van der Waals surface area contributed by atoms with E-state index in [1.165, 1.54) is 11.3 Å². The Kier molecular flexibility index (Phi) is 7.46. The largest absolute Gasteiger partial charge is 0.266 e. The van der Waals surface area contributed by atoms with E-state index in [-0.39, 0.29) is 0 Å². The van der Waals surface area contributed by atoms with Gasteiger partial charge in [-0.15, -0.1) is 0 Å². The maximum atomic E-state index is 6.78. The van der Waals surface area contributed by atoms with Crippen molar-refractivity contribution in [2.45, 2.75) is 47.0 Å². The number of rotatable bonds is 4. The Bertz CT molecular complexity index is 513. The van der Waals surface area contributed by atoms with E-state index < -0.39 is 0 Å². The fourth-order valence-electron chi connectivity index (χ4n) is 2.18. The molecule has 1 aromatic carbocycles. The highest BCUT2D eigenvalue weighted by Gasteiger charge is 2.02. The molecule has 112 valence electrons. The van der Waals surface area contributed by atoms with Gasteiger partial charge in [0, 0.05) is 18.3 Å². The third kappa shape index (κ3) is 7.46. The highest BCUT2D eigenvalue weighted by Crippen LogP contribution is 2.14. The first-order valence-electron chi connectivity index (χ1n) is 7.68. The van der Waals surface area contributed by atoms with E-state index in [0.29, 0.717) is 5.92 Å². The molecule has 0 radical (unpaired) electrons. The lowest BCUT2D eigenvalue weighted by Gasteiger charge is -2.03. The first kappa shape index (κ1) is 17.2. The summed E-state index contributed by atoms with van der Waals surface area (Å²) in [5.74, 6) is 1.44. The molecule has 0 spiro atoms. The molecule has 1 aromatic rings. The summed E-state index contributed by atoms with van der Waals surface area (Å²) >= 11 is 0. The monoisotopic (exact) mass is 282 g/mol. The summed E-state index contributed by atoms with van der Waals surface area (Å²) in [6.07, 6.45) is 7.35. The highest BCUT2D eigenvalue weighted by molar-refractivity contribution is 5.88. The number of hydrogen-bond donors (Lipinski definition) is 0. The number of aliphatic imine (C=N–C) groups is 1. The van der Waals surface area contributed by atoms with Crippen LogP contribution in [0.15, 0.2) is 41.5 Å². The van der Waals surface area contributed by atoms with Crippen molar-refractivity contribution in [2.75, 3.05) is 0 Å². The molecule has 0 fully saturated rings. The summed E-state index contributed by atoms with van der Waals surface area (Å²) in [7, 11) is 0. The van der Waals surface area contributed by atoms with Crippen molar-refractivity contribution in [2.24, 2.45) is 16.8 Å². The molecule has 0 amide bonds. The Morgan fingerprint density at radius 3 is 2.10 bits per heavy atom. The second-order valence-corrected chi connectivity index (χ2v) is 6.26. The van der Waals surface area contributed by atoms with Gasteiger partial charge in [0.2, 0.25) is 0 Å². The lowest BCUT2D eigenvalue weighted by Crippen LogP contribution is -1.98. The second-order valence-electron chi connectivity index (χ2n) is 6.26. The van der Waals surface area contributed by atoms with Crippen LogP contribution in [0.1, 0.15) is 46.1 Å². The molecule has 1 aliphatic heterocycles. The van der Waals surface area contributed by atoms with Gasteiger partial charge in [-0.25, -0.2) is 4.85 Å². The van der Waals surface area contributed by atoms with Crippen molar-refractivity contribution >= 4 is 11.4 Å². The minimum absolute atomic E-state index is 0.684. The zero-order chi connectivity index (χ0) is 15.7. The summed E-state index contributed by atoms with van der Waals surface area (Å²) in [5.41, 5.74) is 3.38. The van der Waals surface area contributed by atoms with E-state index >= 15 is 0 Å². The normalized spacial score (nSPS) is 12.9. The van der Waals surface area contributed by atoms with E-state index in [9.17, 15) is 0 Å². The van der Waals surface area contributed by atoms with Gasteiger partial charge in [0.05, 0.1) is 6.57 Å². The minimum atomic E-state index is 0.684. The molecule has 0 aromatic heterocycles. The van der Waals surface area contributed by atoms with Crippen LogP contribution in [0.25, 0.3) is 4.85 Å². The van der Waals surface area contributed by atoms with Gasteiger partial charge in [0.25, 0.3) is 0 Å². The van der Waals surface area contributed by atoms with Gasteiger partial charge < -0.3 is 0 Å². The zero-order valence-corrected chi connectivity index (χ0v) is 13.6. The smallest absolute Gasteiger partial charge is 0.187 e. The number of allylic oxidation sites excluding steroid dienone is 1. The Morgan fingerprint density at radius 2 is 1.67 bits per heavy atom. The highest BCUT2D eigenvalue weighted by atomic mass is 14.7. The van der Waals surface area contributed by atoms with Gasteiger partial charge in [0.15, 0.2) is 5.69 Å². The molecular weight excluding hydrogens is 256 g/mol. The average Bonchev–Trinajstić information content (AvgIpc) is 2.92. The van der Waals surface area contributed by atoms with E-state index in [4.69, 9.17) is 6.57 Å². The Labute approximate surface area is 129 Å². The van der Waals surface area contributed by atoms with Crippen LogP contribution in [0.5, 0.6) is 0 Å². The van der Waals surface area contributed by atoms with Gasteiger partial charge in [0.1, 0.15) is 0 Å². The fraction of sp³-hybridized carbons (Fsp3) is 0.474.